The maximum absolute atomic E-state index is 5.67. The molecule has 92 valence electrons. The summed E-state index contributed by atoms with van der Waals surface area (Å²) in [5.74, 6) is 0. The molecule has 0 amide bonds. The molecule has 0 aromatic heterocycles. The Morgan fingerprint density at radius 1 is 0.952 bits per heavy atom. The van der Waals surface area contributed by atoms with E-state index >= 15 is 0 Å². The number of hydrogen-bond acceptors (Lipinski definition) is 3. The van der Waals surface area contributed by atoms with Crippen LogP contribution in [0.3, 0.4) is 0 Å². The van der Waals surface area contributed by atoms with Gasteiger partial charge in [0, 0.05) is 10.6 Å². The second kappa shape index (κ2) is 12.0. The molecule has 0 unspecified atom stereocenters. The molecule has 0 radical (unpaired) electrons. The Kier molecular flexibility index (Phi) is 14.2. The molecule has 0 atom stereocenters. The number of nitrogens with two attached hydrogens (primary N) is 1. The monoisotopic (exact) mass is 341 g/mol. The van der Waals surface area contributed by atoms with E-state index in [9.17, 15) is 0 Å². The minimum Gasteiger partial charge on any atom is -0.779 e. The van der Waals surface area contributed by atoms with Crippen molar-refractivity contribution in [3.8, 4) is 0 Å². The summed E-state index contributed by atoms with van der Waals surface area (Å²) >= 11 is 9.72. The molecule has 0 aliphatic rings. The Morgan fingerprint density at radius 3 is 2.10 bits per heavy atom. The van der Waals surface area contributed by atoms with Gasteiger partial charge >= 0.3 is 88.7 Å². The third-order valence-corrected chi connectivity index (χ3v) is 3.41. The first-order valence-electron chi connectivity index (χ1n) is 5.60. The fourth-order valence-corrected chi connectivity index (χ4v) is 2.29. The van der Waals surface area contributed by atoms with E-state index in [1.165, 1.54) is 5.56 Å². The third kappa shape index (κ3) is 7.77. The molecule has 2 rings (SSSR count). The Bertz CT molecular complexity index is 562. The summed E-state index contributed by atoms with van der Waals surface area (Å²) < 4.78 is 0. The van der Waals surface area contributed by atoms with Crippen molar-refractivity contribution < 1.29 is 88.7 Å². The molecule has 2 N–H and O–H groups in total. The average molecular weight is 341 g/mol. The summed E-state index contributed by atoms with van der Waals surface area (Å²) in [6, 6.07) is 11.7. The van der Waals surface area contributed by atoms with Crippen molar-refractivity contribution >= 4 is 43.1 Å². The standard InChI is InChI=1S/C15H15NS2.3Na/c1-10-2-3-11(14(17)8-10)4-5-12-6-7-13(16)9-15(12)18;;;/h2-9,17-18H,16H2,1H3;;;/q;3*+1/p-1/b5-4+;;;. The number of hydrogen-bond donors (Lipinski definition) is 2. The van der Waals surface area contributed by atoms with E-state index in [2.05, 4.69) is 31.7 Å². The molecule has 0 saturated heterocycles. The van der Waals surface area contributed by atoms with Crippen molar-refractivity contribution in [3.05, 3.63) is 53.1 Å². The summed E-state index contributed by atoms with van der Waals surface area (Å²) in [5.41, 5.74) is 9.64. The van der Waals surface area contributed by atoms with Gasteiger partial charge in [-0.1, -0.05) is 36.4 Å². The van der Waals surface area contributed by atoms with Crippen molar-refractivity contribution in [2.45, 2.75) is 16.7 Å². The molecule has 0 aliphatic heterocycles. The topological polar surface area (TPSA) is 26.0 Å². The zero-order valence-electron chi connectivity index (χ0n) is 13.1. The van der Waals surface area contributed by atoms with Crippen molar-refractivity contribution in [1.29, 1.82) is 0 Å². The van der Waals surface area contributed by atoms with Crippen LogP contribution in [0.2, 0.25) is 0 Å². The predicted molar refractivity (Wildman–Crippen MR) is 83.8 cm³/mol. The van der Waals surface area contributed by atoms with Crippen LogP contribution < -0.4 is 94.4 Å². The molecule has 6 heteroatoms. The van der Waals surface area contributed by atoms with E-state index in [-0.39, 0.29) is 88.7 Å². The molecule has 1 nitrogen and oxygen atoms in total. The minimum absolute atomic E-state index is 0. The number of anilines is 1. The van der Waals surface area contributed by atoms with Gasteiger partial charge in [-0.15, -0.1) is 12.6 Å². The molecule has 0 aliphatic carbocycles. The van der Waals surface area contributed by atoms with Crippen molar-refractivity contribution in [2.24, 2.45) is 0 Å². The maximum atomic E-state index is 5.67. The SMILES string of the molecule is Cc1ccc(/C=C/c2ccc(N)cc2[S-])c(S)c1.[Na+].[Na+].[Na+]. The van der Waals surface area contributed by atoms with Gasteiger partial charge in [0.2, 0.25) is 0 Å². The van der Waals surface area contributed by atoms with Gasteiger partial charge in [0.05, 0.1) is 0 Å². The molecular weight excluding hydrogens is 327 g/mol. The Labute approximate surface area is 204 Å². The smallest absolute Gasteiger partial charge is 0.779 e. The molecule has 21 heavy (non-hydrogen) atoms. The second-order valence-corrected chi connectivity index (χ2v) is 5.11. The normalized spacial score (nSPS) is 9.43. The molecular formula is C15H14NNa3S2+2. The molecule has 0 heterocycles. The summed E-state index contributed by atoms with van der Waals surface area (Å²) in [5, 5.41) is 0. The fraction of sp³-hybridized carbons (Fsp3) is 0.0667. The van der Waals surface area contributed by atoms with Crippen LogP contribution in [0.5, 0.6) is 0 Å². The first-order valence-corrected chi connectivity index (χ1v) is 6.46. The first-order chi connectivity index (χ1) is 8.56. The maximum Gasteiger partial charge on any atom is 1.00 e. The van der Waals surface area contributed by atoms with E-state index < -0.39 is 0 Å². The van der Waals surface area contributed by atoms with Crippen LogP contribution in [0.1, 0.15) is 16.7 Å². The summed E-state index contributed by atoms with van der Waals surface area (Å²) in [6.45, 7) is 2.05. The third-order valence-electron chi connectivity index (χ3n) is 2.67. The van der Waals surface area contributed by atoms with Crippen molar-refractivity contribution in [3.63, 3.8) is 0 Å². The number of benzene rings is 2. The van der Waals surface area contributed by atoms with Crippen LogP contribution in [-0.4, -0.2) is 0 Å². The van der Waals surface area contributed by atoms with E-state index in [1.807, 2.05) is 30.4 Å². The van der Waals surface area contributed by atoms with Crippen LogP contribution in [0.25, 0.3) is 12.2 Å². The number of thiol groups is 1. The Morgan fingerprint density at radius 2 is 1.52 bits per heavy atom. The van der Waals surface area contributed by atoms with Crippen molar-refractivity contribution in [1.82, 2.24) is 0 Å². The van der Waals surface area contributed by atoms with Crippen LogP contribution in [-0.2, 0) is 12.6 Å². The van der Waals surface area contributed by atoms with E-state index in [4.69, 9.17) is 18.4 Å². The van der Waals surface area contributed by atoms with Gasteiger partial charge in [-0.3, -0.25) is 0 Å². The van der Waals surface area contributed by atoms with Gasteiger partial charge in [0.1, 0.15) is 0 Å². The zero-order valence-corrected chi connectivity index (χ0v) is 20.8. The summed E-state index contributed by atoms with van der Waals surface area (Å²) in [4.78, 5) is 1.73. The van der Waals surface area contributed by atoms with Gasteiger partial charge < -0.3 is 18.4 Å². The summed E-state index contributed by atoms with van der Waals surface area (Å²) in [6.07, 6.45) is 4.01. The first kappa shape index (κ1) is 24.8. The van der Waals surface area contributed by atoms with Gasteiger partial charge in [-0.05, 0) is 35.7 Å². The van der Waals surface area contributed by atoms with Crippen LogP contribution in [0, 0.1) is 6.92 Å². The number of aryl methyl sites for hydroxylation is 1. The van der Waals surface area contributed by atoms with Gasteiger partial charge in [-0.2, -0.15) is 4.90 Å². The average Bonchev–Trinajstić information content (AvgIpc) is 2.30. The fourth-order valence-electron chi connectivity index (χ4n) is 1.66. The van der Waals surface area contributed by atoms with Crippen LogP contribution >= 0.6 is 12.6 Å². The van der Waals surface area contributed by atoms with Gasteiger partial charge in [-0.25, -0.2) is 0 Å². The minimum atomic E-state index is 0. The van der Waals surface area contributed by atoms with Crippen LogP contribution in [0.4, 0.5) is 5.69 Å². The Hall–Kier alpha value is 1.55. The molecule has 0 spiro atoms. The van der Waals surface area contributed by atoms with E-state index in [0.29, 0.717) is 5.69 Å². The predicted octanol–water partition coefficient (Wildman–Crippen LogP) is -5.05. The quantitative estimate of drug-likeness (QED) is 0.188. The molecule has 2 aromatic carbocycles. The van der Waals surface area contributed by atoms with Crippen molar-refractivity contribution in [2.75, 3.05) is 5.73 Å². The van der Waals surface area contributed by atoms with Crippen LogP contribution in [0.15, 0.2) is 46.2 Å². The number of rotatable bonds is 2. The Balaban J connectivity index is 0. The molecule has 0 fully saturated rings. The van der Waals surface area contributed by atoms with Gasteiger partial charge in [0.25, 0.3) is 0 Å². The molecule has 2 aromatic rings. The van der Waals surface area contributed by atoms with E-state index in [1.54, 1.807) is 6.07 Å². The second-order valence-electron chi connectivity index (χ2n) is 4.19. The molecule has 0 saturated carbocycles. The largest absolute Gasteiger partial charge is 1.00 e. The molecule has 0 bridgehead atoms. The van der Waals surface area contributed by atoms with E-state index in [0.717, 1.165) is 20.9 Å². The summed E-state index contributed by atoms with van der Waals surface area (Å²) in [7, 11) is 0. The zero-order chi connectivity index (χ0) is 13.1. The number of nitrogen functional groups attached to an aromatic ring is 1. The van der Waals surface area contributed by atoms with Gasteiger partial charge in [0.15, 0.2) is 0 Å².